The predicted molar refractivity (Wildman–Crippen MR) is 101 cm³/mol. The number of nitrogens with one attached hydrogen (secondary N) is 2. The van der Waals surface area contributed by atoms with Crippen molar-refractivity contribution in [2.75, 3.05) is 11.9 Å². The molecular formula is C21H18F2N2O3. The molecule has 0 fully saturated rings. The van der Waals surface area contributed by atoms with Gasteiger partial charge in [-0.1, -0.05) is 30.3 Å². The number of hydrogen-bond donors (Lipinski definition) is 3. The van der Waals surface area contributed by atoms with E-state index in [0.29, 0.717) is 22.7 Å². The third-order valence-electron chi connectivity index (χ3n) is 3.87. The molecule has 0 heterocycles. The van der Waals surface area contributed by atoms with Gasteiger partial charge < -0.3 is 20.5 Å². The van der Waals surface area contributed by atoms with Gasteiger partial charge in [-0.2, -0.15) is 0 Å². The van der Waals surface area contributed by atoms with Crippen molar-refractivity contribution in [2.45, 2.75) is 6.10 Å². The van der Waals surface area contributed by atoms with Gasteiger partial charge in [0.25, 0.3) is 0 Å². The van der Waals surface area contributed by atoms with E-state index in [1.807, 2.05) is 0 Å². The monoisotopic (exact) mass is 384 g/mol. The Balaban J connectivity index is 1.60. The second-order valence-corrected chi connectivity index (χ2v) is 5.96. The molecule has 3 aromatic rings. The largest absolute Gasteiger partial charge is 0.455 e. The van der Waals surface area contributed by atoms with E-state index in [1.165, 1.54) is 42.5 Å². The lowest BCUT2D eigenvalue weighted by Gasteiger charge is -2.15. The maximum Gasteiger partial charge on any atom is 0.319 e. The zero-order valence-electron chi connectivity index (χ0n) is 14.7. The standard InChI is InChI=1S/C21H18F2N2O3/c22-15-10-8-14(9-11-15)19(26)13-24-21(27)25-18-6-1-2-7-20(18)28-17-5-3-4-16(23)12-17/h1-12,19,26H,13H2,(H2,24,25,27). The molecule has 0 aliphatic carbocycles. The van der Waals surface area contributed by atoms with E-state index in [9.17, 15) is 18.7 Å². The summed E-state index contributed by atoms with van der Waals surface area (Å²) in [6, 6.07) is 17.1. The lowest BCUT2D eigenvalue weighted by atomic mass is 10.1. The molecule has 28 heavy (non-hydrogen) atoms. The predicted octanol–water partition coefficient (Wildman–Crippen LogP) is 4.61. The van der Waals surface area contributed by atoms with Crippen LogP contribution in [0.25, 0.3) is 0 Å². The Morgan fingerprint density at radius 1 is 0.964 bits per heavy atom. The van der Waals surface area contributed by atoms with Crippen molar-refractivity contribution in [1.82, 2.24) is 5.32 Å². The van der Waals surface area contributed by atoms with Crippen LogP contribution in [0.4, 0.5) is 19.3 Å². The Morgan fingerprint density at radius 2 is 1.71 bits per heavy atom. The topological polar surface area (TPSA) is 70.6 Å². The summed E-state index contributed by atoms with van der Waals surface area (Å²) in [5, 5.41) is 15.2. The van der Waals surface area contributed by atoms with Gasteiger partial charge in [-0.3, -0.25) is 0 Å². The van der Waals surface area contributed by atoms with Crippen LogP contribution in [0.3, 0.4) is 0 Å². The maximum absolute atomic E-state index is 13.3. The number of para-hydroxylation sites is 2. The summed E-state index contributed by atoms with van der Waals surface area (Å²) in [4.78, 5) is 12.2. The molecule has 0 saturated carbocycles. The van der Waals surface area contributed by atoms with Crippen molar-refractivity contribution >= 4 is 11.7 Å². The third-order valence-corrected chi connectivity index (χ3v) is 3.87. The summed E-state index contributed by atoms with van der Waals surface area (Å²) in [5.41, 5.74) is 0.858. The number of aliphatic hydroxyl groups is 1. The number of benzene rings is 3. The molecule has 2 amide bonds. The normalized spacial score (nSPS) is 11.5. The smallest absolute Gasteiger partial charge is 0.319 e. The summed E-state index contributed by atoms with van der Waals surface area (Å²) in [7, 11) is 0. The molecule has 0 bridgehead atoms. The molecule has 1 unspecified atom stereocenters. The van der Waals surface area contributed by atoms with Crippen LogP contribution < -0.4 is 15.4 Å². The molecule has 0 radical (unpaired) electrons. The zero-order valence-corrected chi connectivity index (χ0v) is 14.7. The number of hydrogen-bond acceptors (Lipinski definition) is 3. The summed E-state index contributed by atoms with van der Waals surface area (Å²) >= 11 is 0. The molecule has 0 spiro atoms. The minimum atomic E-state index is -0.981. The van der Waals surface area contributed by atoms with Gasteiger partial charge >= 0.3 is 6.03 Å². The average molecular weight is 384 g/mol. The number of halogens is 2. The van der Waals surface area contributed by atoms with Gasteiger partial charge in [0.15, 0.2) is 5.75 Å². The molecule has 3 aromatic carbocycles. The molecule has 0 aliphatic rings. The highest BCUT2D eigenvalue weighted by Crippen LogP contribution is 2.29. The van der Waals surface area contributed by atoms with Gasteiger partial charge in [0.1, 0.15) is 17.4 Å². The number of carbonyl (C=O) groups is 1. The molecule has 0 saturated heterocycles. The average Bonchev–Trinajstić information content (AvgIpc) is 2.68. The lowest BCUT2D eigenvalue weighted by molar-refractivity contribution is 0.175. The number of carbonyl (C=O) groups excluding carboxylic acids is 1. The van der Waals surface area contributed by atoms with Crippen LogP contribution in [0.2, 0.25) is 0 Å². The Morgan fingerprint density at radius 3 is 2.46 bits per heavy atom. The van der Waals surface area contributed by atoms with Crippen LogP contribution in [-0.4, -0.2) is 17.7 Å². The van der Waals surface area contributed by atoms with Crippen molar-refractivity contribution in [3.63, 3.8) is 0 Å². The summed E-state index contributed by atoms with van der Waals surface area (Å²) in [6.07, 6.45) is -0.981. The van der Waals surface area contributed by atoms with E-state index in [4.69, 9.17) is 4.74 Å². The number of rotatable bonds is 6. The number of anilines is 1. The fourth-order valence-electron chi connectivity index (χ4n) is 2.48. The number of aliphatic hydroxyl groups excluding tert-OH is 1. The van der Waals surface area contributed by atoms with Gasteiger partial charge in [0, 0.05) is 12.6 Å². The first-order valence-corrected chi connectivity index (χ1v) is 8.52. The molecule has 1 atom stereocenters. The minimum Gasteiger partial charge on any atom is -0.455 e. The first-order valence-electron chi connectivity index (χ1n) is 8.52. The van der Waals surface area contributed by atoms with E-state index in [-0.39, 0.29) is 6.54 Å². The maximum atomic E-state index is 13.3. The first kappa shape index (κ1) is 19.3. The number of ether oxygens (including phenoxy) is 1. The van der Waals surface area contributed by atoms with Gasteiger partial charge in [-0.25, -0.2) is 13.6 Å². The van der Waals surface area contributed by atoms with E-state index in [2.05, 4.69) is 10.6 Å². The lowest BCUT2D eigenvalue weighted by Crippen LogP contribution is -2.32. The zero-order chi connectivity index (χ0) is 19.9. The van der Waals surface area contributed by atoms with Crippen LogP contribution >= 0.6 is 0 Å². The van der Waals surface area contributed by atoms with E-state index >= 15 is 0 Å². The minimum absolute atomic E-state index is 0.0651. The van der Waals surface area contributed by atoms with E-state index in [0.717, 1.165) is 0 Å². The van der Waals surface area contributed by atoms with Crippen molar-refractivity contribution in [2.24, 2.45) is 0 Å². The molecule has 3 N–H and O–H groups in total. The van der Waals surface area contributed by atoms with Crippen molar-refractivity contribution in [3.05, 3.63) is 90.0 Å². The molecule has 0 aromatic heterocycles. The highest BCUT2D eigenvalue weighted by molar-refractivity contribution is 5.91. The van der Waals surface area contributed by atoms with Gasteiger partial charge in [0.2, 0.25) is 0 Å². The second-order valence-electron chi connectivity index (χ2n) is 5.96. The highest BCUT2D eigenvalue weighted by Gasteiger charge is 2.12. The van der Waals surface area contributed by atoms with E-state index in [1.54, 1.807) is 30.3 Å². The van der Waals surface area contributed by atoms with Crippen molar-refractivity contribution in [1.29, 1.82) is 0 Å². The fraction of sp³-hybridized carbons (Fsp3) is 0.0952. The van der Waals surface area contributed by atoms with Crippen LogP contribution in [0, 0.1) is 11.6 Å². The van der Waals surface area contributed by atoms with Gasteiger partial charge in [-0.15, -0.1) is 0 Å². The summed E-state index contributed by atoms with van der Waals surface area (Å²) < 4.78 is 31.9. The Kier molecular flexibility index (Phi) is 6.18. The number of amides is 2. The Bertz CT molecular complexity index is 948. The molecule has 7 heteroatoms. The SMILES string of the molecule is O=C(NCC(O)c1ccc(F)cc1)Nc1ccccc1Oc1cccc(F)c1. The van der Waals surface area contributed by atoms with Crippen LogP contribution in [0.15, 0.2) is 72.8 Å². The fourth-order valence-corrected chi connectivity index (χ4v) is 2.48. The van der Waals surface area contributed by atoms with Crippen LogP contribution in [-0.2, 0) is 0 Å². The third kappa shape index (κ3) is 5.28. The van der Waals surface area contributed by atoms with Crippen molar-refractivity contribution < 1.29 is 23.4 Å². The van der Waals surface area contributed by atoms with Crippen molar-refractivity contribution in [3.8, 4) is 11.5 Å². The Hall–Kier alpha value is -3.45. The quantitative estimate of drug-likeness (QED) is 0.581. The summed E-state index contributed by atoms with van der Waals surface area (Å²) in [5.74, 6) is -0.212. The van der Waals surface area contributed by atoms with Crippen LogP contribution in [0.1, 0.15) is 11.7 Å². The van der Waals surface area contributed by atoms with Gasteiger partial charge in [0.05, 0.1) is 11.8 Å². The molecule has 5 nitrogen and oxygen atoms in total. The highest BCUT2D eigenvalue weighted by atomic mass is 19.1. The molecular weight excluding hydrogens is 366 g/mol. The second kappa shape index (κ2) is 8.96. The molecule has 0 aliphatic heterocycles. The molecule has 3 rings (SSSR count). The molecule has 144 valence electrons. The Labute approximate surface area is 160 Å². The van der Waals surface area contributed by atoms with Crippen LogP contribution in [0.5, 0.6) is 11.5 Å². The number of urea groups is 1. The summed E-state index contributed by atoms with van der Waals surface area (Å²) in [6.45, 7) is -0.0651. The van der Waals surface area contributed by atoms with E-state index < -0.39 is 23.8 Å². The first-order chi connectivity index (χ1) is 13.5. The van der Waals surface area contributed by atoms with Gasteiger partial charge in [-0.05, 0) is 42.0 Å².